The average Bonchev–Trinajstić information content (AvgIpc) is 2.37. The van der Waals surface area contributed by atoms with Crippen molar-refractivity contribution in [3.05, 3.63) is 50.4 Å². The zero-order chi connectivity index (χ0) is 15.8. The minimum Gasteiger partial charge on any atom is -0.398 e. The number of hydrogen-bond acceptors (Lipinski definition) is 3. The summed E-state index contributed by atoms with van der Waals surface area (Å²) in [5.41, 5.74) is 6.85. The maximum absolute atomic E-state index is 12.5. The maximum Gasteiger partial charge on any atom is 0.262 e. The molecule has 0 saturated carbocycles. The summed E-state index contributed by atoms with van der Waals surface area (Å²) in [5, 5.41) is 0.631. The van der Waals surface area contributed by atoms with E-state index in [1.54, 1.807) is 19.1 Å². The molecule has 0 fully saturated rings. The highest BCUT2D eigenvalue weighted by Gasteiger charge is 2.20. The van der Waals surface area contributed by atoms with Crippen molar-refractivity contribution in [2.45, 2.75) is 11.8 Å². The molecule has 2 aromatic rings. The Hall–Kier alpha value is -0.950. The minimum absolute atomic E-state index is 0.0745. The summed E-state index contributed by atoms with van der Waals surface area (Å²) in [5.74, 6) is 0. The van der Waals surface area contributed by atoms with Gasteiger partial charge in [-0.05, 0) is 42.8 Å². The smallest absolute Gasteiger partial charge is 0.262 e. The summed E-state index contributed by atoms with van der Waals surface area (Å²) in [6.07, 6.45) is 0. The first kappa shape index (κ1) is 16.4. The van der Waals surface area contributed by atoms with Gasteiger partial charge < -0.3 is 5.73 Å². The minimum atomic E-state index is -3.83. The predicted molar refractivity (Wildman–Crippen MR) is 90.6 cm³/mol. The van der Waals surface area contributed by atoms with Gasteiger partial charge in [-0.1, -0.05) is 39.1 Å². The Bertz CT molecular complexity index is 810. The molecule has 0 amide bonds. The maximum atomic E-state index is 12.5. The first-order chi connectivity index (χ1) is 9.70. The molecule has 2 rings (SSSR count). The van der Waals surface area contributed by atoms with E-state index < -0.39 is 10.0 Å². The molecule has 0 heterocycles. The van der Waals surface area contributed by atoms with Crippen molar-refractivity contribution in [1.29, 1.82) is 0 Å². The molecule has 0 spiro atoms. The van der Waals surface area contributed by atoms with Crippen LogP contribution in [0.1, 0.15) is 5.56 Å². The Balaban J connectivity index is 2.51. The predicted octanol–water partition coefficient (Wildman–Crippen LogP) is 4.45. The Morgan fingerprint density at radius 3 is 2.52 bits per heavy atom. The summed E-state index contributed by atoms with van der Waals surface area (Å²) in [7, 11) is -3.83. The molecule has 3 N–H and O–H groups in total. The fraction of sp³-hybridized carbons (Fsp3) is 0.0769. The first-order valence-corrected chi connectivity index (χ1v) is 8.77. The van der Waals surface area contributed by atoms with Crippen LogP contribution in [0.3, 0.4) is 0 Å². The van der Waals surface area contributed by atoms with Crippen LogP contribution < -0.4 is 10.5 Å². The molecule has 0 radical (unpaired) electrons. The molecular weight excluding hydrogens is 399 g/mol. The second-order valence-electron chi connectivity index (χ2n) is 4.35. The Labute approximate surface area is 141 Å². The number of hydrogen-bond donors (Lipinski definition) is 2. The van der Waals surface area contributed by atoms with Crippen molar-refractivity contribution in [2.75, 3.05) is 10.5 Å². The van der Waals surface area contributed by atoms with E-state index in [9.17, 15) is 8.42 Å². The molecule has 0 saturated heterocycles. The molecule has 0 aliphatic carbocycles. The Kier molecular flexibility index (Phi) is 4.72. The van der Waals surface area contributed by atoms with Gasteiger partial charge in [-0.3, -0.25) is 4.72 Å². The SMILES string of the molecule is Cc1c(N)cc(Br)cc1S(=O)(=O)Nc1cc(Cl)ccc1Cl. The average molecular weight is 410 g/mol. The molecule has 2 aromatic carbocycles. The second kappa shape index (κ2) is 6.04. The number of anilines is 2. The quantitative estimate of drug-likeness (QED) is 0.735. The highest BCUT2D eigenvalue weighted by molar-refractivity contribution is 9.10. The van der Waals surface area contributed by atoms with Crippen molar-refractivity contribution in [1.82, 2.24) is 0 Å². The van der Waals surface area contributed by atoms with Gasteiger partial charge in [0, 0.05) is 15.2 Å². The van der Waals surface area contributed by atoms with Gasteiger partial charge in [0.2, 0.25) is 0 Å². The first-order valence-electron chi connectivity index (χ1n) is 5.74. The second-order valence-corrected chi connectivity index (χ2v) is 7.76. The van der Waals surface area contributed by atoms with E-state index in [1.165, 1.54) is 18.2 Å². The summed E-state index contributed by atoms with van der Waals surface area (Å²) in [6, 6.07) is 7.65. The normalized spacial score (nSPS) is 11.4. The van der Waals surface area contributed by atoms with Crippen molar-refractivity contribution in [3.63, 3.8) is 0 Å². The number of rotatable bonds is 3. The van der Waals surface area contributed by atoms with Crippen molar-refractivity contribution in [2.24, 2.45) is 0 Å². The molecule has 0 aliphatic rings. The van der Waals surface area contributed by atoms with E-state index in [4.69, 9.17) is 28.9 Å². The molecule has 0 unspecified atom stereocenters. The molecule has 0 aromatic heterocycles. The van der Waals surface area contributed by atoms with Crippen LogP contribution in [0, 0.1) is 6.92 Å². The van der Waals surface area contributed by atoms with E-state index in [1.807, 2.05) is 0 Å². The zero-order valence-corrected chi connectivity index (χ0v) is 14.7. The molecule has 21 heavy (non-hydrogen) atoms. The van der Waals surface area contributed by atoms with E-state index in [2.05, 4.69) is 20.7 Å². The van der Waals surface area contributed by atoms with Crippen LogP contribution in [0.25, 0.3) is 0 Å². The third-order valence-corrected chi connectivity index (χ3v) is 5.34. The van der Waals surface area contributed by atoms with Crippen LogP contribution in [0.15, 0.2) is 39.7 Å². The third kappa shape index (κ3) is 3.63. The van der Waals surface area contributed by atoms with Crippen molar-refractivity contribution < 1.29 is 8.42 Å². The Morgan fingerprint density at radius 2 is 1.86 bits per heavy atom. The lowest BCUT2D eigenvalue weighted by Gasteiger charge is -2.13. The van der Waals surface area contributed by atoms with Crippen LogP contribution in [0.2, 0.25) is 10.0 Å². The van der Waals surface area contributed by atoms with Crippen LogP contribution in [0.4, 0.5) is 11.4 Å². The number of nitrogens with two attached hydrogens (primary N) is 1. The lowest BCUT2D eigenvalue weighted by Crippen LogP contribution is -2.15. The topological polar surface area (TPSA) is 72.2 Å². The number of nitrogens with one attached hydrogen (secondary N) is 1. The summed E-state index contributed by atoms with van der Waals surface area (Å²) < 4.78 is 28.0. The lowest BCUT2D eigenvalue weighted by atomic mass is 10.2. The number of sulfonamides is 1. The van der Waals surface area contributed by atoms with Crippen molar-refractivity contribution in [3.8, 4) is 0 Å². The van der Waals surface area contributed by atoms with Crippen LogP contribution in [-0.2, 0) is 10.0 Å². The van der Waals surface area contributed by atoms with E-state index in [0.717, 1.165) is 0 Å². The van der Waals surface area contributed by atoms with E-state index in [0.29, 0.717) is 20.7 Å². The highest BCUT2D eigenvalue weighted by atomic mass is 79.9. The molecule has 0 atom stereocenters. The summed E-state index contributed by atoms with van der Waals surface area (Å²) >= 11 is 15.1. The molecule has 4 nitrogen and oxygen atoms in total. The molecule has 112 valence electrons. The van der Waals surface area contributed by atoms with Crippen LogP contribution >= 0.6 is 39.1 Å². The number of benzene rings is 2. The largest absolute Gasteiger partial charge is 0.398 e. The summed E-state index contributed by atoms with van der Waals surface area (Å²) in [6.45, 7) is 1.63. The third-order valence-electron chi connectivity index (χ3n) is 2.83. The highest BCUT2D eigenvalue weighted by Crippen LogP contribution is 2.31. The Morgan fingerprint density at radius 1 is 1.19 bits per heavy atom. The van der Waals surface area contributed by atoms with Crippen molar-refractivity contribution >= 4 is 60.5 Å². The van der Waals surface area contributed by atoms with Gasteiger partial charge in [-0.25, -0.2) is 8.42 Å². The fourth-order valence-electron chi connectivity index (χ4n) is 1.73. The van der Waals surface area contributed by atoms with Gasteiger partial charge in [0.1, 0.15) is 0 Å². The fourth-order valence-corrected chi connectivity index (χ4v) is 4.12. The van der Waals surface area contributed by atoms with E-state index >= 15 is 0 Å². The standard InChI is InChI=1S/C13H11BrCl2N2O2S/c1-7-11(17)4-8(14)5-13(7)21(19,20)18-12-6-9(15)2-3-10(12)16/h2-6,18H,17H2,1H3. The lowest BCUT2D eigenvalue weighted by molar-refractivity contribution is 0.600. The molecular formula is C13H11BrCl2N2O2S. The van der Waals surface area contributed by atoms with E-state index in [-0.39, 0.29) is 15.6 Å². The van der Waals surface area contributed by atoms with Gasteiger partial charge in [-0.15, -0.1) is 0 Å². The number of nitrogen functional groups attached to an aromatic ring is 1. The van der Waals surface area contributed by atoms with Gasteiger partial charge in [-0.2, -0.15) is 0 Å². The summed E-state index contributed by atoms with van der Waals surface area (Å²) in [4.78, 5) is 0.0745. The number of halogens is 3. The van der Waals surface area contributed by atoms with Crippen LogP contribution in [0.5, 0.6) is 0 Å². The molecule has 0 bridgehead atoms. The van der Waals surface area contributed by atoms with Crippen LogP contribution in [-0.4, -0.2) is 8.42 Å². The van der Waals surface area contributed by atoms with Gasteiger partial charge in [0.05, 0.1) is 15.6 Å². The van der Waals surface area contributed by atoms with Gasteiger partial charge in [0.15, 0.2) is 0 Å². The monoisotopic (exact) mass is 408 g/mol. The molecule has 8 heteroatoms. The molecule has 0 aliphatic heterocycles. The van der Waals surface area contributed by atoms with Gasteiger partial charge in [0.25, 0.3) is 10.0 Å². The van der Waals surface area contributed by atoms with Gasteiger partial charge >= 0.3 is 0 Å². The zero-order valence-electron chi connectivity index (χ0n) is 10.8.